The number of aliphatic hydroxyl groups excluding tert-OH is 1. The summed E-state index contributed by atoms with van der Waals surface area (Å²) in [6.45, 7) is 13.2. The van der Waals surface area contributed by atoms with Gasteiger partial charge in [-0.2, -0.15) is 0 Å². The SMILES string of the molecule is CC(C)(CCO)NC(=O)CCC(C)(C)OCCC(C)(C)OCCNC(=O)CCN1C(=O)C=CC1=O.CNCNC(=O)OC1CCCCCCC1. The van der Waals surface area contributed by atoms with E-state index in [1.165, 1.54) is 44.3 Å². The number of nitrogens with one attached hydrogen (secondary N) is 4. The van der Waals surface area contributed by atoms with Crippen molar-refractivity contribution in [2.24, 2.45) is 0 Å². The molecule has 0 aromatic heterocycles. The summed E-state index contributed by atoms with van der Waals surface area (Å²) in [5, 5.41) is 20.2. The molecule has 0 bridgehead atoms. The van der Waals surface area contributed by atoms with Crippen LogP contribution < -0.4 is 21.3 Å². The number of hydrogen-bond donors (Lipinski definition) is 5. The molecule has 14 heteroatoms. The molecule has 0 unspecified atom stereocenters. The Morgan fingerprint density at radius 3 is 1.98 bits per heavy atom. The number of alkyl carbamates (subject to hydrolysis) is 1. The van der Waals surface area contributed by atoms with Gasteiger partial charge < -0.3 is 40.6 Å². The lowest BCUT2D eigenvalue weighted by Crippen LogP contribution is -2.44. The molecule has 5 N–H and O–H groups in total. The Bertz CT molecular complexity index is 1070. The Hall–Kier alpha value is -3.07. The van der Waals surface area contributed by atoms with Crippen molar-refractivity contribution in [3.8, 4) is 0 Å². The molecule has 0 spiro atoms. The first-order chi connectivity index (χ1) is 23.5. The van der Waals surface area contributed by atoms with Crippen molar-refractivity contribution >= 4 is 29.7 Å². The molecule has 0 saturated heterocycles. The van der Waals surface area contributed by atoms with Gasteiger partial charge in [0.1, 0.15) is 6.10 Å². The molecular weight excluding hydrogens is 646 g/mol. The van der Waals surface area contributed by atoms with E-state index < -0.39 is 28.6 Å². The lowest BCUT2D eigenvalue weighted by molar-refractivity contribution is -0.137. The number of carbonyl (C=O) groups excluding carboxylic acids is 5. The molecule has 0 aromatic rings. The van der Waals surface area contributed by atoms with Crippen molar-refractivity contribution in [3.05, 3.63) is 12.2 Å². The summed E-state index contributed by atoms with van der Waals surface area (Å²) in [6, 6.07) is 0. The Balaban J connectivity index is 0.000000690. The second-order valence-corrected chi connectivity index (χ2v) is 14.7. The Kier molecular flexibility index (Phi) is 21.0. The van der Waals surface area contributed by atoms with Gasteiger partial charge in [-0.05, 0) is 93.5 Å². The predicted octanol–water partition coefficient (Wildman–Crippen LogP) is 3.46. The summed E-state index contributed by atoms with van der Waals surface area (Å²) in [5.41, 5.74) is -1.39. The van der Waals surface area contributed by atoms with E-state index in [9.17, 15) is 24.0 Å². The number of carbonyl (C=O) groups is 5. The van der Waals surface area contributed by atoms with Gasteiger partial charge in [0.05, 0.1) is 31.1 Å². The highest BCUT2D eigenvalue weighted by molar-refractivity contribution is 6.13. The van der Waals surface area contributed by atoms with Crippen LogP contribution in [0, 0.1) is 0 Å². The number of hydrogen-bond acceptors (Lipinski definition) is 10. The number of rotatable bonds is 20. The van der Waals surface area contributed by atoms with Gasteiger partial charge in [0.15, 0.2) is 0 Å². The van der Waals surface area contributed by atoms with E-state index in [0.717, 1.165) is 17.7 Å². The fourth-order valence-electron chi connectivity index (χ4n) is 5.28. The number of amides is 5. The van der Waals surface area contributed by atoms with Crippen molar-refractivity contribution < 1.29 is 43.3 Å². The molecule has 0 radical (unpaired) electrons. The van der Waals surface area contributed by atoms with Crippen LogP contribution in [0.25, 0.3) is 0 Å². The van der Waals surface area contributed by atoms with Gasteiger partial charge in [-0.15, -0.1) is 0 Å². The van der Waals surface area contributed by atoms with E-state index in [0.29, 0.717) is 52.1 Å². The minimum atomic E-state index is -0.476. The van der Waals surface area contributed by atoms with Crippen molar-refractivity contribution in [1.29, 1.82) is 0 Å². The van der Waals surface area contributed by atoms with Crippen LogP contribution in [0.2, 0.25) is 0 Å². The molecule has 2 aliphatic rings. The van der Waals surface area contributed by atoms with E-state index in [1.54, 1.807) is 7.05 Å². The third-order valence-electron chi connectivity index (χ3n) is 8.48. The Morgan fingerprint density at radius 1 is 0.800 bits per heavy atom. The largest absolute Gasteiger partial charge is 0.446 e. The van der Waals surface area contributed by atoms with Crippen LogP contribution in [-0.2, 0) is 33.4 Å². The summed E-state index contributed by atoms with van der Waals surface area (Å²) >= 11 is 0. The van der Waals surface area contributed by atoms with Gasteiger partial charge in [0.2, 0.25) is 11.8 Å². The van der Waals surface area contributed by atoms with Gasteiger partial charge in [-0.25, -0.2) is 4.79 Å². The Morgan fingerprint density at radius 2 is 1.38 bits per heavy atom. The molecule has 1 aliphatic heterocycles. The lowest BCUT2D eigenvalue weighted by atomic mass is 9.98. The third kappa shape index (κ3) is 21.2. The molecule has 1 aliphatic carbocycles. The maximum absolute atomic E-state index is 12.2. The molecule has 5 amide bonds. The summed E-state index contributed by atoms with van der Waals surface area (Å²) in [4.78, 5) is 59.5. The van der Waals surface area contributed by atoms with Crippen LogP contribution in [-0.4, -0.2) is 109 Å². The van der Waals surface area contributed by atoms with Gasteiger partial charge in [0, 0.05) is 50.2 Å². The summed E-state index contributed by atoms with van der Waals surface area (Å²) < 4.78 is 17.2. The average Bonchev–Trinajstić information content (AvgIpc) is 3.33. The fraction of sp³-hybridized carbons (Fsp3) is 0.806. The van der Waals surface area contributed by atoms with E-state index in [1.807, 2.05) is 41.5 Å². The van der Waals surface area contributed by atoms with E-state index in [-0.39, 0.29) is 43.6 Å². The van der Waals surface area contributed by atoms with Crippen LogP contribution in [0.3, 0.4) is 0 Å². The summed E-state index contributed by atoms with van der Waals surface area (Å²) in [5.74, 6) is -1.12. The minimum absolute atomic E-state index is 0.0209. The number of nitrogens with zero attached hydrogens (tertiary/aromatic N) is 1. The molecule has 0 aromatic carbocycles. The first-order valence-electron chi connectivity index (χ1n) is 18.1. The van der Waals surface area contributed by atoms with Crippen LogP contribution in [0.15, 0.2) is 12.2 Å². The van der Waals surface area contributed by atoms with Gasteiger partial charge in [-0.3, -0.25) is 24.1 Å². The molecule has 1 saturated carbocycles. The van der Waals surface area contributed by atoms with Crippen molar-refractivity contribution in [3.63, 3.8) is 0 Å². The van der Waals surface area contributed by atoms with Crippen molar-refractivity contribution in [1.82, 2.24) is 26.2 Å². The molecular formula is C36H65N5O9. The second-order valence-electron chi connectivity index (χ2n) is 14.7. The standard InChI is InChI=1S/C25H43N3O7.C11H22N2O2/c1-23(2,12-16-29)27-20(31)9-11-24(3,4)34-17-13-25(5,6)35-18-14-26-19(30)10-15-28-21(32)7-8-22(28)33;1-12-9-13-11(14)15-10-7-5-3-2-4-6-8-10/h7-8,29H,9-18H2,1-6H3,(H,26,30)(H,27,31);10,12H,2-9H2,1H3,(H,13,14). The lowest BCUT2D eigenvalue weighted by Gasteiger charge is -2.30. The minimum Gasteiger partial charge on any atom is -0.446 e. The van der Waals surface area contributed by atoms with E-state index in [4.69, 9.17) is 19.3 Å². The van der Waals surface area contributed by atoms with E-state index >= 15 is 0 Å². The molecule has 14 nitrogen and oxygen atoms in total. The molecule has 1 heterocycles. The predicted molar refractivity (Wildman–Crippen MR) is 191 cm³/mol. The topological polar surface area (TPSA) is 185 Å². The van der Waals surface area contributed by atoms with Crippen LogP contribution in [0.4, 0.5) is 4.79 Å². The van der Waals surface area contributed by atoms with Crippen molar-refractivity contribution in [2.45, 2.75) is 141 Å². The molecule has 2 rings (SSSR count). The molecule has 1 fully saturated rings. The smallest absolute Gasteiger partial charge is 0.408 e. The molecule has 50 heavy (non-hydrogen) atoms. The highest BCUT2D eigenvalue weighted by atomic mass is 16.6. The zero-order chi connectivity index (χ0) is 37.6. The second kappa shape index (κ2) is 23.4. The summed E-state index contributed by atoms with van der Waals surface area (Å²) in [7, 11) is 1.79. The first-order valence-corrected chi connectivity index (χ1v) is 18.1. The van der Waals surface area contributed by atoms with Gasteiger partial charge in [0.25, 0.3) is 11.8 Å². The highest BCUT2D eigenvalue weighted by Gasteiger charge is 2.26. The highest BCUT2D eigenvalue weighted by Crippen LogP contribution is 2.22. The zero-order valence-electron chi connectivity index (χ0n) is 31.6. The van der Waals surface area contributed by atoms with Crippen LogP contribution >= 0.6 is 0 Å². The average molecular weight is 712 g/mol. The molecule has 0 atom stereocenters. The van der Waals surface area contributed by atoms with E-state index in [2.05, 4.69) is 21.3 Å². The zero-order valence-corrected chi connectivity index (χ0v) is 31.6. The maximum atomic E-state index is 12.2. The Labute approximate surface area is 299 Å². The summed E-state index contributed by atoms with van der Waals surface area (Å²) in [6.07, 6.45) is 12.6. The van der Waals surface area contributed by atoms with Gasteiger partial charge >= 0.3 is 6.09 Å². The quantitative estimate of drug-likeness (QED) is 0.0712. The number of ether oxygens (including phenoxy) is 3. The first kappa shape index (κ1) is 45.0. The normalized spacial score (nSPS) is 15.9. The third-order valence-corrected chi connectivity index (χ3v) is 8.48. The van der Waals surface area contributed by atoms with Crippen LogP contribution in [0.1, 0.15) is 119 Å². The van der Waals surface area contributed by atoms with Gasteiger partial charge in [-0.1, -0.05) is 19.3 Å². The monoisotopic (exact) mass is 711 g/mol. The fourth-order valence-corrected chi connectivity index (χ4v) is 5.28. The molecule has 288 valence electrons. The number of aliphatic hydroxyl groups is 1. The number of imide groups is 1. The van der Waals surface area contributed by atoms with Crippen LogP contribution in [0.5, 0.6) is 0 Å². The maximum Gasteiger partial charge on any atom is 0.408 e. The van der Waals surface area contributed by atoms with Crippen molar-refractivity contribution in [2.75, 3.05) is 46.6 Å².